The van der Waals surface area contributed by atoms with E-state index in [9.17, 15) is 24.5 Å². The van der Waals surface area contributed by atoms with Gasteiger partial charge in [0.1, 0.15) is 6.04 Å². The molecule has 0 bridgehead atoms. The van der Waals surface area contributed by atoms with E-state index in [-0.39, 0.29) is 29.8 Å². The number of nitro groups is 1. The zero-order valence-corrected chi connectivity index (χ0v) is 20.8. The summed E-state index contributed by atoms with van der Waals surface area (Å²) in [5.74, 6) is -0.580. The van der Waals surface area contributed by atoms with Crippen molar-refractivity contribution in [2.75, 3.05) is 37.6 Å². The fraction of sp³-hybridized carbons (Fsp3) is 0.370. The number of anilines is 1. The molecule has 2 aromatic carbocycles. The lowest BCUT2D eigenvalue weighted by Crippen LogP contribution is -2.55. The number of piperazine rings is 1. The Morgan fingerprint density at radius 1 is 1.00 bits per heavy atom. The van der Waals surface area contributed by atoms with Crippen LogP contribution in [0.2, 0.25) is 0 Å². The summed E-state index contributed by atoms with van der Waals surface area (Å²) < 4.78 is 0. The van der Waals surface area contributed by atoms with Crippen molar-refractivity contribution in [3.05, 3.63) is 82.9 Å². The van der Waals surface area contributed by atoms with Crippen LogP contribution in [-0.4, -0.2) is 66.3 Å². The highest BCUT2D eigenvalue weighted by atomic mass is 16.6. The second-order valence-corrected chi connectivity index (χ2v) is 8.86. The summed E-state index contributed by atoms with van der Waals surface area (Å²) in [5.41, 5.74) is 1.78. The van der Waals surface area contributed by atoms with E-state index >= 15 is 0 Å². The lowest BCUT2D eigenvalue weighted by atomic mass is 10.1. The number of carbonyl (C=O) groups excluding carboxylic acids is 3. The number of nitrogens with one attached hydrogen (secondary N) is 2. The Bertz CT molecular complexity index is 1080. The normalized spacial score (nSPS) is 13.9. The largest absolute Gasteiger partial charge is 0.368 e. The van der Waals surface area contributed by atoms with E-state index in [2.05, 4.69) is 22.1 Å². The second-order valence-electron chi connectivity index (χ2n) is 8.86. The maximum atomic E-state index is 13.4. The summed E-state index contributed by atoms with van der Waals surface area (Å²) in [5, 5.41) is 16.5. The Hall–Kier alpha value is -4.21. The van der Waals surface area contributed by atoms with E-state index in [0.717, 1.165) is 11.3 Å². The van der Waals surface area contributed by atoms with Crippen molar-refractivity contribution in [1.82, 2.24) is 15.5 Å². The molecule has 1 aliphatic heterocycles. The fourth-order valence-corrected chi connectivity index (χ4v) is 4.23. The predicted octanol–water partition coefficient (Wildman–Crippen LogP) is 2.44. The molecule has 1 saturated heterocycles. The van der Waals surface area contributed by atoms with Crippen LogP contribution >= 0.6 is 0 Å². The number of unbranched alkanes of at least 4 members (excludes halogenated alkanes) is 1. The number of non-ortho nitro benzene ring substituents is 1. The van der Waals surface area contributed by atoms with Crippen LogP contribution in [0.1, 0.15) is 24.8 Å². The number of benzene rings is 2. The van der Waals surface area contributed by atoms with Crippen LogP contribution in [0.4, 0.5) is 11.4 Å². The molecule has 1 atom stereocenters. The number of rotatable bonds is 12. The van der Waals surface area contributed by atoms with Crippen molar-refractivity contribution in [2.45, 2.75) is 31.7 Å². The molecule has 1 aliphatic rings. The quantitative estimate of drug-likeness (QED) is 0.197. The van der Waals surface area contributed by atoms with Crippen LogP contribution in [0.3, 0.4) is 0 Å². The van der Waals surface area contributed by atoms with Crippen molar-refractivity contribution in [3.63, 3.8) is 0 Å². The zero-order valence-electron chi connectivity index (χ0n) is 20.8. The van der Waals surface area contributed by atoms with Crippen molar-refractivity contribution in [1.29, 1.82) is 0 Å². The highest BCUT2D eigenvalue weighted by Crippen LogP contribution is 2.21. The highest BCUT2D eigenvalue weighted by molar-refractivity contribution is 5.88. The summed E-state index contributed by atoms with van der Waals surface area (Å²) in [4.78, 5) is 51.8. The van der Waals surface area contributed by atoms with Gasteiger partial charge >= 0.3 is 0 Å². The molecule has 2 N–H and O–H groups in total. The third-order valence-corrected chi connectivity index (χ3v) is 6.26. The molecular formula is C27H33N5O5. The molecule has 10 heteroatoms. The molecule has 0 aliphatic carbocycles. The van der Waals surface area contributed by atoms with Crippen molar-refractivity contribution in [3.8, 4) is 0 Å². The van der Waals surface area contributed by atoms with Gasteiger partial charge in [-0.2, -0.15) is 0 Å². The maximum absolute atomic E-state index is 13.4. The number of nitro benzene ring substituents is 1. The summed E-state index contributed by atoms with van der Waals surface area (Å²) >= 11 is 0. The Morgan fingerprint density at radius 3 is 2.30 bits per heavy atom. The zero-order chi connectivity index (χ0) is 26.6. The number of nitrogens with zero attached hydrogens (tertiary/aromatic N) is 3. The van der Waals surface area contributed by atoms with Crippen molar-refractivity contribution in [2.24, 2.45) is 0 Å². The smallest absolute Gasteiger partial charge is 0.269 e. The van der Waals surface area contributed by atoms with E-state index in [1.54, 1.807) is 17.0 Å². The fourth-order valence-electron chi connectivity index (χ4n) is 4.23. The molecular weight excluding hydrogens is 474 g/mol. The number of hydrogen-bond donors (Lipinski definition) is 2. The number of hydrogen-bond acceptors (Lipinski definition) is 6. The summed E-state index contributed by atoms with van der Waals surface area (Å²) in [7, 11) is 0. The first kappa shape index (κ1) is 27.4. The topological polar surface area (TPSA) is 125 Å². The Kier molecular flexibility index (Phi) is 10.2. The first-order chi connectivity index (χ1) is 17.9. The molecule has 3 rings (SSSR count). The van der Waals surface area contributed by atoms with Crippen molar-refractivity contribution >= 4 is 29.1 Å². The van der Waals surface area contributed by atoms with Gasteiger partial charge < -0.3 is 20.4 Å². The van der Waals surface area contributed by atoms with Gasteiger partial charge in [-0.1, -0.05) is 36.9 Å². The summed E-state index contributed by atoms with van der Waals surface area (Å²) in [6.45, 7) is 6.03. The average molecular weight is 508 g/mol. The maximum Gasteiger partial charge on any atom is 0.269 e. The molecule has 37 heavy (non-hydrogen) atoms. The molecule has 10 nitrogen and oxygen atoms in total. The standard InChI is InChI=1S/C27H33N5O5/c1-2-25(33)28-15-7-6-10-24(29-26(34)20-21-8-4-3-5-9-21)27(35)31-18-16-30(17-19-31)22-11-13-23(14-12-22)32(36)37/h2-5,8-9,11-14,24H,1,6-7,10,15-20H2,(H,28,33)(H,29,34). The molecule has 196 valence electrons. The Morgan fingerprint density at radius 2 is 1.68 bits per heavy atom. The van der Waals surface area contributed by atoms with E-state index in [4.69, 9.17) is 0 Å². The monoisotopic (exact) mass is 507 g/mol. The van der Waals surface area contributed by atoms with Crippen LogP contribution in [0.25, 0.3) is 0 Å². The minimum atomic E-state index is -0.655. The molecule has 0 radical (unpaired) electrons. The van der Waals surface area contributed by atoms with Crippen LogP contribution in [0.15, 0.2) is 67.3 Å². The molecule has 1 unspecified atom stereocenters. The van der Waals surface area contributed by atoms with Crippen LogP contribution in [-0.2, 0) is 20.8 Å². The van der Waals surface area contributed by atoms with Gasteiger partial charge in [0.15, 0.2) is 0 Å². The molecule has 2 aromatic rings. The SMILES string of the molecule is C=CC(=O)NCCCCC(NC(=O)Cc1ccccc1)C(=O)N1CCN(c2ccc([N+](=O)[O-])cc2)CC1. The number of carbonyl (C=O) groups is 3. The van der Waals surface area contributed by atoms with Crippen LogP contribution < -0.4 is 15.5 Å². The van der Waals surface area contributed by atoms with E-state index in [1.807, 2.05) is 30.3 Å². The Balaban J connectivity index is 1.57. The molecule has 0 aromatic heterocycles. The van der Waals surface area contributed by atoms with Gasteiger partial charge in [0.05, 0.1) is 11.3 Å². The van der Waals surface area contributed by atoms with E-state index in [0.29, 0.717) is 52.0 Å². The van der Waals surface area contributed by atoms with Gasteiger partial charge in [0.2, 0.25) is 17.7 Å². The lowest BCUT2D eigenvalue weighted by molar-refractivity contribution is -0.384. The third-order valence-electron chi connectivity index (χ3n) is 6.26. The predicted molar refractivity (Wildman–Crippen MR) is 141 cm³/mol. The van der Waals surface area contributed by atoms with Crippen molar-refractivity contribution < 1.29 is 19.3 Å². The minimum absolute atomic E-state index is 0.0377. The van der Waals surface area contributed by atoms with Crippen LogP contribution in [0.5, 0.6) is 0 Å². The minimum Gasteiger partial charge on any atom is -0.368 e. The average Bonchev–Trinajstić information content (AvgIpc) is 2.92. The second kappa shape index (κ2) is 13.8. The first-order valence-corrected chi connectivity index (χ1v) is 12.4. The van der Waals surface area contributed by atoms with E-state index < -0.39 is 11.0 Å². The first-order valence-electron chi connectivity index (χ1n) is 12.4. The summed E-state index contributed by atoms with van der Waals surface area (Å²) in [6, 6.07) is 15.1. The van der Waals surface area contributed by atoms with Gasteiger partial charge in [-0.25, -0.2) is 0 Å². The van der Waals surface area contributed by atoms with Gasteiger partial charge in [-0.05, 0) is 43.0 Å². The van der Waals surface area contributed by atoms with E-state index in [1.165, 1.54) is 18.2 Å². The Labute approximate surface area is 216 Å². The highest BCUT2D eigenvalue weighted by Gasteiger charge is 2.28. The molecule has 0 spiro atoms. The van der Waals surface area contributed by atoms with Crippen LogP contribution in [0, 0.1) is 10.1 Å². The van der Waals surface area contributed by atoms with Gasteiger partial charge in [-0.15, -0.1) is 0 Å². The lowest BCUT2D eigenvalue weighted by Gasteiger charge is -2.37. The molecule has 1 heterocycles. The van der Waals surface area contributed by atoms with Gasteiger partial charge in [-0.3, -0.25) is 24.5 Å². The number of amides is 3. The van der Waals surface area contributed by atoms with Gasteiger partial charge in [0, 0.05) is 50.5 Å². The van der Waals surface area contributed by atoms with Gasteiger partial charge in [0.25, 0.3) is 5.69 Å². The molecule has 0 saturated carbocycles. The summed E-state index contributed by atoms with van der Waals surface area (Å²) in [6.07, 6.45) is 3.19. The molecule has 3 amide bonds. The third kappa shape index (κ3) is 8.45. The molecule has 1 fully saturated rings.